The van der Waals surface area contributed by atoms with E-state index in [2.05, 4.69) is 26.5 Å². The summed E-state index contributed by atoms with van der Waals surface area (Å²) in [6.07, 6.45) is 7.38. The van der Waals surface area contributed by atoms with Crippen LogP contribution in [-0.4, -0.2) is 84.3 Å². The van der Waals surface area contributed by atoms with Crippen LogP contribution < -0.4 is 10.6 Å². The van der Waals surface area contributed by atoms with Crippen molar-refractivity contribution >= 4 is 17.7 Å². The van der Waals surface area contributed by atoms with Gasteiger partial charge in [-0.05, 0) is 68.8 Å². The molecule has 190 valence electrons. The average Bonchev–Trinajstić information content (AvgIpc) is 3.20. The van der Waals surface area contributed by atoms with Crippen LogP contribution in [0.4, 0.5) is 0 Å². The number of hydrogen-bond donors (Lipinski definition) is 2. The van der Waals surface area contributed by atoms with Crippen LogP contribution in [0, 0.1) is 5.92 Å². The highest BCUT2D eigenvalue weighted by Gasteiger charge is 2.40. The Morgan fingerprint density at radius 1 is 0.971 bits per heavy atom. The molecule has 2 N–H and O–H groups in total. The third-order valence-corrected chi connectivity index (χ3v) is 8.23. The number of rotatable bonds is 8. The second kappa shape index (κ2) is 11.2. The number of benzene rings is 1. The zero-order valence-electron chi connectivity index (χ0n) is 20.8. The van der Waals surface area contributed by atoms with E-state index in [0.717, 1.165) is 55.3 Å². The van der Waals surface area contributed by atoms with Gasteiger partial charge in [-0.1, -0.05) is 24.6 Å². The Morgan fingerprint density at radius 3 is 2.57 bits per heavy atom. The Kier molecular flexibility index (Phi) is 7.80. The highest BCUT2D eigenvalue weighted by atomic mass is 16.2. The molecule has 1 aromatic carbocycles. The van der Waals surface area contributed by atoms with Gasteiger partial charge in [0.05, 0.1) is 0 Å². The van der Waals surface area contributed by atoms with Crippen molar-refractivity contribution in [1.29, 1.82) is 0 Å². The predicted molar refractivity (Wildman–Crippen MR) is 134 cm³/mol. The smallest absolute Gasteiger partial charge is 0.255 e. The summed E-state index contributed by atoms with van der Waals surface area (Å²) in [6, 6.07) is 5.51. The van der Waals surface area contributed by atoms with E-state index in [-0.39, 0.29) is 24.1 Å². The van der Waals surface area contributed by atoms with Gasteiger partial charge in [0, 0.05) is 51.3 Å². The van der Waals surface area contributed by atoms with Crippen LogP contribution in [0.15, 0.2) is 18.2 Å². The van der Waals surface area contributed by atoms with Crippen LogP contribution in [-0.2, 0) is 22.7 Å². The van der Waals surface area contributed by atoms with Crippen LogP contribution in [0.3, 0.4) is 0 Å². The fraction of sp³-hybridized carbons (Fsp3) is 0.667. The van der Waals surface area contributed by atoms with E-state index in [1.807, 2.05) is 12.1 Å². The number of fused-ring (bicyclic) bond motifs is 1. The Morgan fingerprint density at radius 2 is 1.80 bits per heavy atom. The SMILES string of the molecule is O=C1CCC(N2Cc3cccc(CN4CCN(CCCCC5CCCNC5)CC4)c3C2=O)C(=O)N1. The number of nitrogens with zero attached hydrogens (tertiary/aromatic N) is 3. The van der Waals surface area contributed by atoms with Gasteiger partial charge in [-0.2, -0.15) is 0 Å². The van der Waals surface area contributed by atoms with Crippen molar-refractivity contribution in [3.05, 3.63) is 34.9 Å². The minimum absolute atomic E-state index is 0.0723. The van der Waals surface area contributed by atoms with Gasteiger partial charge in [0.1, 0.15) is 6.04 Å². The molecule has 2 atom stereocenters. The third-order valence-electron chi connectivity index (χ3n) is 8.23. The van der Waals surface area contributed by atoms with Crippen molar-refractivity contribution in [2.24, 2.45) is 5.92 Å². The molecule has 8 nitrogen and oxygen atoms in total. The summed E-state index contributed by atoms with van der Waals surface area (Å²) in [5, 5.41) is 5.91. The molecule has 3 fully saturated rings. The topological polar surface area (TPSA) is 85.0 Å². The first-order chi connectivity index (χ1) is 17.1. The van der Waals surface area contributed by atoms with Crippen molar-refractivity contribution in [3.8, 4) is 0 Å². The first-order valence-corrected chi connectivity index (χ1v) is 13.5. The van der Waals surface area contributed by atoms with Gasteiger partial charge < -0.3 is 15.1 Å². The van der Waals surface area contributed by atoms with Gasteiger partial charge in [0.25, 0.3) is 5.91 Å². The monoisotopic (exact) mass is 481 g/mol. The number of nitrogens with one attached hydrogen (secondary N) is 2. The number of piperazine rings is 1. The maximum absolute atomic E-state index is 13.3. The number of carbonyl (C=O) groups excluding carboxylic acids is 3. The van der Waals surface area contributed by atoms with E-state index in [1.54, 1.807) is 4.90 Å². The maximum atomic E-state index is 13.3. The van der Waals surface area contributed by atoms with Gasteiger partial charge in [0.2, 0.25) is 11.8 Å². The van der Waals surface area contributed by atoms with E-state index in [1.165, 1.54) is 51.7 Å². The van der Waals surface area contributed by atoms with Crippen LogP contribution in [0.2, 0.25) is 0 Å². The van der Waals surface area contributed by atoms with E-state index in [4.69, 9.17) is 0 Å². The van der Waals surface area contributed by atoms with Gasteiger partial charge in [-0.3, -0.25) is 24.6 Å². The third kappa shape index (κ3) is 5.76. The lowest BCUT2D eigenvalue weighted by Crippen LogP contribution is -2.52. The minimum Gasteiger partial charge on any atom is -0.322 e. The summed E-state index contributed by atoms with van der Waals surface area (Å²) >= 11 is 0. The van der Waals surface area contributed by atoms with Crippen LogP contribution in [0.1, 0.15) is 66.4 Å². The summed E-state index contributed by atoms with van der Waals surface area (Å²) < 4.78 is 0. The van der Waals surface area contributed by atoms with E-state index >= 15 is 0 Å². The zero-order chi connectivity index (χ0) is 24.2. The van der Waals surface area contributed by atoms with Gasteiger partial charge in [-0.25, -0.2) is 0 Å². The molecular formula is C27H39N5O3. The molecule has 2 unspecified atom stereocenters. The Hall–Kier alpha value is -2.29. The molecule has 0 aliphatic carbocycles. The van der Waals surface area contributed by atoms with Crippen molar-refractivity contribution in [3.63, 3.8) is 0 Å². The van der Waals surface area contributed by atoms with E-state index in [9.17, 15) is 14.4 Å². The molecule has 4 aliphatic rings. The molecule has 1 aromatic rings. The molecule has 0 saturated carbocycles. The van der Waals surface area contributed by atoms with Crippen LogP contribution in [0.25, 0.3) is 0 Å². The second-order valence-electron chi connectivity index (χ2n) is 10.7. The fourth-order valence-electron chi connectivity index (χ4n) is 6.17. The molecule has 0 spiro atoms. The Balaban J connectivity index is 1.10. The van der Waals surface area contributed by atoms with Gasteiger partial charge in [0.15, 0.2) is 0 Å². The van der Waals surface area contributed by atoms with Crippen molar-refractivity contribution in [2.75, 3.05) is 45.8 Å². The molecule has 0 aromatic heterocycles. The summed E-state index contributed by atoms with van der Waals surface area (Å²) in [6.45, 7) is 8.98. The first-order valence-electron chi connectivity index (χ1n) is 13.5. The molecule has 8 heteroatoms. The number of unbranched alkanes of at least 4 members (excludes halogenated alkanes) is 1. The normalized spacial score (nSPS) is 26.2. The van der Waals surface area contributed by atoms with Crippen LogP contribution in [0.5, 0.6) is 0 Å². The number of amides is 3. The van der Waals surface area contributed by atoms with Crippen LogP contribution >= 0.6 is 0 Å². The Bertz CT molecular complexity index is 937. The Labute approximate surface area is 208 Å². The maximum Gasteiger partial charge on any atom is 0.255 e. The standard InChI is InChI=1S/C27H39N5O3/c33-24-10-9-23(26(34)29-24)32-19-22-8-3-7-21(25(22)27(32)35)18-31-15-13-30(14-16-31)12-2-1-5-20-6-4-11-28-17-20/h3,7-8,20,23,28H,1-2,4-6,9-19H2,(H,29,33,34). The van der Waals surface area contributed by atoms with E-state index < -0.39 is 6.04 Å². The number of hydrogen-bond acceptors (Lipinski definition) is 6. The quantitative estimate of drug-likeness (QED) is 0.435. The molecule has 4 aliphatic heterocycles. The lowest BCUT2D eigenvalue weighted by Gasteiger charge is -2.35. The van der Waals surface area contributed by atoms with Crippen molar-refractivity contribution in [1.82, 2.24) is 25.3 Å². The fourth-order valence-corrected chi connectivity index (χ4v) is 6.17. The average molecular weight is 482 g/mol. The molecule has 0 radical (unpaired) electrons. The largest absolute Gasteiger partial charge is 0.322 e. The predicted octanol–water partition coefficient (Wildman–Crippen LogP) is 1.74. The van der Waals surface area contributed by atoms with Crippen molar-refractivity contribution in [2.45, 2.75) is 64.1 Å². The summed E-state index contributed by atoms with van der Waals surface area (Å²) in [4.78, 5) is 43.9. The summed E-state index contributed by atoms with van der Waals surface area (Å²) in [5.41, 5.74) is 2.80. The molecule has 4 heterocycles. The molecule has 3 saturated heterocycles. The van der Waals surface area contributed by atoms with Gasteiger partial charge >= 0.3 is 0 Å². The number of piperidine rings is 2. The number of imide groups is 1. The lowest BCUT2D eigenvalue weighted by atomic mass is 9.94. The number of carbonyl (C=O) groups is 3. The van der Waals surface area contributed by atoms with Crippen molar-refractivity contribution < 1.29 is 14.4 Å². The molecule has 5 rings (SSSR count). The summed E-state index contributed by atoms with van der Waals surface area (Å²) in [5.74, 6) is 0.200. The molecule has 35 heavy (non-hydrogen) atoms. The lowest BCUT2D eigenvalue weighted by molar-refractivity contribution is -0.136. The van der Waals surface area contributed by atoms with E-state index in [0.29, 0.717) is 13.0 Å². The minimum atomic E-state index is -0.557. The molecule has 0 bridgehead atoms. The molecular weight excluding hydrogens is 442 g/mol. The summed E-state index contributed by atoms with van der Waals surface area (Å²) in [7, 11) is 0. The molecule has 3 amide bonds. The second-order valence-corrected chi connectivity index (χ2v) is 10.7. The van der Waals surface area contributed by atoms with Gasteiger partial charge in [-0.15, -0.1) is 0 Å². The first kappa shape index (κ1) is 24.4. The zero-order valence-corrected chi connectivity index (χ0v) is 20.8. The highest BCUT2D eigenvalue weighted by Crippen LogP contribution is 2.30. The highest BCUT2D eigenvalue weighted by molar-refractivity contribution is 6.05.